The molecule has 0 heterocycles. The Morgan fingerprint density at radius 3 is 1.50 bits per heavy atom. The zero-order chi connectivity index (χ0) is 15.6. The van der Waals surface area contributed by atoms with Gasteiger partial charge in [-0.3, -0.25) is 0 Å². The third kappa shape index (κ3) is 7.56. The Bertz CT molecular complexity index is 444. The molecule has 20 heavy (non-hydrogen) atoms. The fourth-order valence-electron chi connectivity index (χ4n) is 1.80. The zero-order valence-electron chi connectivity index (χ0n) is 12.4. The molecule has 0 aromatic heterocycles. The molecule has 122 valence electrons. The molecule has 6 nitrogen and oxygen atoms in total. The molecule has 0 spiro atoms. The molecule has 0 bridgehead atoms. The van der Waals surface area contributed by atoms with E-state index < -0.39 is 23.9 Å². The highest BCUT2D eigenvalue weighted by Crippen LogP contribution is 2.03. The lowest BCUT2D eigenvalue weighted by molar-refractivity contribution is -0.548. The molecule has 0 aromatic rings. The molecule has 8 heteroatoms. The highest BCUT2D eigenvalue weighted by atomic mass is 32.3. The molecule has 0 rings (SSSR count). The minimum absolute atomic E-state index is 0.330. The second-order valence-corrected chi connectivity index (χ2v) is 9.28. The minimum Gasteiger partial charge on any atom is -0.603 e. The number of rotatable bonds is 12. The number of quaternary nitrogens is 1. The molecule has 0 saturated carbocycles. The Labute approximate surface area is 123 Å². The maximum Gasteiger partial charge on any atom is 0.309 e. The van der Waals surface area contributed by atoms with Gasteiger partial charge in [0, 0.05) is 0 Å². The molecule has 0 amide bonds. The van der Waals surface area contributed by atoms with Crippen molar-refractivity contribution in [2.45, 2.75) is 65.2 Å². The Kier molecular flexibility index (Phi) is 9.61. The van der Waals surface area contributed by atoms with Gasteiger partial charge in [-0.1, -0.05) is 52.4 Å². The van der Waals surface area contributed by atoms with Gasteiger partial charge in [-0.15, -0.1) is 0 Å². The molecule has 0 aromatic carbocycles. The maximum atomic E-state index is 11.7. The van der Waals surface area contributed by atoms with Gasteiger partial charge in [-0.2, -0.15) is 20.7 Å². The lowest BCUT2D eigenvalue weighted by Gasteiger charge is -2.20. The van der Waals surface area contributed by atoms with Crippen molar-refractivity contribution in [3.8, 4) is 0 Å². The summed E-state index contributed by atoms with van der Waals surface area (Å²) < 4.78 is 45.2. The third-order valence-electron chi connectivity index (χ3n) is 3.04. The molecular weight excluding hydrogens is 302 g/mol. The van der Waals surface area contributed by atoms with Crippen LogP contribution in [0.15, 0.2) is 0 Å². The lowest BCUT2D eigenvalue weighted by Crippen LogP contribution is -3.11. The van der Waals surface area contributed by atoms with Crippen LogP contribution in [-0.4, -0.2) is 28.3 Å². The molecule has 0 radical (unpaired) electrons. The fourth-order valence-corrected chi connectivity index (χ4v) is 5.35. The summed E-state index contributed by atoms with van der Waals surface area (Å²) in [5.74, 6) is -0.725. The van der Waals surface area contributed by atoms with Crippen molar-refractivity contribution < 1.29 is 20.7 Å². The lowest BCUT2D eigenvalue weighted by atomic mass is 10.2. The number of unbranched alkanes of at least 4 members (excludes halogenated alkanes) is 6. The van der Waals surface area contributed by atoms with E-state index in [1.165, 1.54) is 0 Å². The standard InChI is InChI=1S/C12H27NO5S2/c1-3-5-7-8-10-12-20(17,18)13(14)19(15,16)11-9-6-4-2/h13H,3-12H2,1-2H3. The van der Waals surface area contributed by atoms with E-state index in [1.807, 2.05) is 13.8 Å². The third-order valence-corrected chi connectivity index (χ3v) is 7.23. The number of nitrogens with one attached hydrogen (secondary N) is 1. The summed E-state index contributed by atoms with van der Waals surface area (Å²) in [5.41, 5.74) is 0. The van der Waals surface area contributed by atoms with Gasteiger partial charge in [0.05, 0.1) is 0 Å². The van der Waals surface area contributed by atoms with Crippen LogP contribution >= 0.6 is 0 Å². The predicted octanol–water partition coefficient (Wildman–Crippen LogP) is 1.19. The van der Waals surface area contributed by atoms with Gasteiger partial charge in [-0.05, 0) is 12.8 Å². The molecule has 1 unspecified atom stereocenters. The summed E-state index contributed by atoms with van der Waals surface area (Å²) in [6, 6.07) is 0. The summed E-state index contributed by atoms with van der Waals surface area (Å²) in [6.45, 7) is 3.95. The van der Waals surface area contributed by atoms with E-state index in [0.29, 0.717) is 25.7 Å². The fraction of sp³-hybridized carbons (Fsp3) is 1.00. The Morgan fingerprint density at radius 2 is 1.05 bits per heavy atom. The van der Waals surface area contributed by atoms with E-state index in [2.05, 4.69) is 0 Å². The first-order valence-electron chi connectivity index (χ1n) is 7.27. The average Bonchev–Trinajstić information content (AvgIpc) is 2.37. The van der Waals surface area contributed by atoms with Crippen LogP contribution in [0.1, 0.15) is 65.2 Å². The summed E-state index contributed by atoms with van der Waals surface area (Å²) in [6.07, 6.45) is 5.83. The summed E-state index contributed by atoms with van der Waals surface area (Å²) in [5, 5.41) is 11.6. The quantitative estimate of drug-likeness (QED) is 0.428. The minimum atomic E-state index is -4.17. The van der Waals surface area contributed by atoms with Gasteiger partial charge in [-0.25, -0.2) is 0 Å². The Morgan fingerprint density at radius 1 is 0.700 bits per heavy atom. The zero-order valence-corrected chi connectivity index (χ0v) is 14.1. The molecule has 1 atom stereocenters. The molecule has 0 aliphatic carbocycles. The van der Waals surface area contributed by atoms with E-state index >= 15 is 0 Å². The van der Waals surface area contributed by atoms with Gasteiger partial charge in [0.2, 0.25) is 0 Å². The van der Waals surface area contributed by atoms with E-state index in [1.54, 1.807) is 0 Å². The van der Waals surface area contributed by atoms with Crippen LogP contribution in [0.5, 0.6) is 0 Å². The van der Waals surface area contributed by atoms with E-state index in [-0.39, 0.29) is 11.5 Å². The molecule has 1 N–H and O–H groups in total. The second kappa shape index (κ2) is 9.70. The van der Waals surface area contributed by atoms with Crippen LogP contribution in [-0.2, 0) is 20.0 Å². The van der Waals surface area contributed by atoms with Crippen molar-refractivity contribution in [1.29, 1.82) is 0 Å². The average molecular weight is 329 g/mol. The van der Waals surface area contributed by atoms with E-state index in [0.717, 1.165) is 25.7 Å². The molecule has 0 aliphatic heterocycles. The van der Waals surface area contributed by atoms with Crippen LogP contribution in [0, 0.1) is 5.21 Å². The highest BCUT2D eigenvalue weighted by molar-refractivity contribution is 7.96. The van der Waals surface area contributed by atoms with Crippen molar-refractivity contribution in [2.24, 2.45) is 0 Å². The van der Waals surface area contributed by atoms with Crippen LogP contribution in [0.2, 0.25) is 0 Å². The summed E-state index contributed by atoms with van der Waals surface area (Å²) in [7, 11) is -8.33. The van der Waals surface area contributed by atoms with Gasteiger partial charge >= 0.3 is 20.0 Å². The first kappa shape index (κ1) is 19.8. The van der Waals surface area contributed by atoms with Crippen molar-refractivity contribution in [3.05, 3.63) is 5.21 Å². The largest absolute Gasteiger partial charge is 0.603 e. The van der Waals surface area contributed by atoms with Crippen LogP contribution in [0.3, 0.4) is 0 Å². The van der Waals surface area contributed by atoms with Gasteiger partial charge < -0.3 is 5.21 Å². The summed E-state index contributed by atoms with van der Waals surface area (Å²) >= 11 is 0. The van der Waals surface area contributed by atoms with Crippen molar-refractivity contribution >= 4 is 20.0 Å². The monoisotopic (exact) mass is 329 g/mol. The van der Waals surface area contributed by atoms with Crippen LogP contribution < -0.4 is 3.87 Å². The van der Waals surface area contributed by atoms with Gasteiger partial charge in [0.1, 0.15) is 11.5 Å². The molecular formula is C12H27NO5S2. The predicted molar refractivity (Wildman–Crippen MR) is 80.2 cm³/mol. The topological polar surface area (TPSA) is 95.8 Å². The normalized spacial score (nSPS) is 14.3. The van der Waals surface area contributed by atoms with Gasteiger partial charge in [0.15, 0.2) is 0 Å². The maximum absolute atomic E-state index is 11.7. The van der Waals surface area contributed by atoms with E-state index in [4.69, 9.17) is 0 Å². The number of sulfonamides is 2. The van der Waals surface area contributed by atoms with Crippen molar-refractivity contribution in [3.63, 3.8) is 0 Å². The first-order valence-corrected chi connectivity index (χ1v) is 10.6. The van der Waals surface area contributed by atoms with Gasteiger partial charge in [0.25, 0.3) is 0 Å². The van der Waals surface area contributed by atoms with Crippen LogP contribution in [0.25, 0.3) is 0 Å². The summed E-state index contributed by atoms with van der Waals surface area (Å²) in [4.78, 5) is 0. The number of hydrogen-bond acceptors (Lipinski definition) is 5. The highest BCUT2D eigenvalue weighted by Gasteiger charge is 2.29. The first-order chi connectivity index (χ1) is 9.28. The van der Waals surface area contributed by atoms with Crippen molar-refractivity contribution in [1.82, 2.24) is 0 Å². The van der Waals surface area contributed by atoms with Crippen LogP contribution in [0.4, 0.5) is 0 Å². The molecule has 0 saturated heterocycles. The number of hydrogen-bond donors (Lipinski definition) is 1. The molecule has 0 fully saturated rings. The Balaban J connectivity index is 4.37. The second-order valence-electron chi connectivity index (χ2n) is 5.01. The SMILES string of the molecule is CCCCCCCS(=O)(=O)[NH+]([O-])S(=O)(=O)CCCCC. The smallest absolute Gasteiger partial charge is 0.309 e. The molecule has 0 aliphatic rings. The van der Waals surface area contributed by atoms with Crippen molar-refractivity contribution in [2.75, 3.05) is 11.5 Å². The van der Waals surface area contributed by atoms with E-state index in [9.17, 15) is 22.0 Å². The Hall–Kier alpha value is -0.180.